The zero-order valence-corrected chi connectivity index (χ0v) is 14.6. The fraction of sp³-hybridized carbons (Fsp3) is 0.176. The van der Waals surface area contributed by atoms with Gasteiger partial charge in [-0.15, -0.1) is 0 Å². The Hall–Kier alpha value is -2.24. The first-order chi connectivity index (χ1) is 11.4. The third kappa shape index (κ3) is 4.40. The Morgan fingerprint density at radius 3 is 2.42 bits per heavy atom. The Bertz CT molecular complexity index is 757. The Kier molecular flexibility index (Phi) is 6.06. The van der Waals surface area contributed by atoms with Crippen molar-refractivity contribution in [1.29, 1.82) is 0 Å². The molecule has 0 radical (unpaired) electrons. The summed E-state index contributed by atoms with van der Waals surface area (Å²) in [7, 11) is 1.45. The number of ether oxygens (including phenoxy) is 2. The molecule has 1 amide bonds. The monoisotopic (exact) mass is 367 g/mol. The minimum absolute atomic E-state index is 0.251. The molecule has 0 aliphatic rings. The van der Waals surface area contributed by atoms with Crippen LogP contribution < -0.4 is 10.1 Å². The summed E-state index contributed by atoms with van der Waals surface area (Å²) in [5, 5.41) is 3.10. The summed E-state index contributed by atoms with van der Waals surface area (Å²) >= 11 is 11.9. The maximum absolute atomic E-state index is 12.1. The van der Waals surface area contributed by atoms with Crippen LogP contribution in [0.2, 0.25) is 10.0 Å². The van der Waals surface area contributed by atoms with Gasteiger partial charge in [0.25, 0.3) is 5.91 Å². The number of carbonyl (C=O) groups is 2. The van der Waals surface area contributed by atoms with Crippen molar-refractivity contribution in [1.82, 2.24) is 0 Å². The number of para-hydroxylation sites is 1. The van der Waals surface area contributed by atoms with E-state index in [4.69, 9.17) is 32.7 Å². The van der Waals surface area contributed by atoms with Crippen LogP contribution in [-0.2, 0) is 9.53 Å². The van der Waals surface area contributed by atoms with Crippen LogP contribution >= 0.6 is 23.2 Å². The van der Waals surface area contributed by atoms with Crippen LogP contribution in [-0.4, -0.2) is 25.6 Å². The van der Waals surface area contributed by atoms with E-state index in [1.165, 1.54) is 7.11 Å². The molecule has 2 aromatic carbocycles. The van der Waals surface area contributed by atoms with E-state index < -0.39 is 18.5 Å². The Morgan fingerprint density at radius 1 is 1.12 bits per heavy atom. The third-order valence-electron chi connectivity index (χ3n) is 3.14. The smallest absolute Gasteiger partial charge is 0.342 e. The van der Waals surface area contributed by atoms with E-state index in [1.54, 1.807) is 30.3 Å². The van der Waals surface area contributed by atoms with Crippen molar-refractivity contribution in [2.75, 3.05) is 19.0 Å². The molecular formula is C17H15Cl2NO4. The average Bonchev–Trinajstić information content (AvgIpc) is 2.56. The standard InChI is InChI=1S/C17H15Cl2NO4/c1-10-6-7-14(23-2)11(8-10)17(22)24-9-15(21)20-16-12(18)4-3-5-13(16)19/h3-8H,9H2,1-2H3,(H,20,21). The van der Waals surface area contributed by atoms with E-state index in [2.05, 4.69) is 5.32 Å². The van der Waals surface area contributed by atoms with Gasteiger partial charge in [0.2, 0.25) is 0 Å². The number of esters is 1. The van der Waals surface area contributed by atoms with E-state index in [0.29, 0.717) is 15.8 Å². The molecule has 0 heterocycles. The summed E-state index contributed by atoms with van der Waals surface area (Å²) in [5.41, 5.74) is 1.39. The van der Waals surface area contributed by atoms with Gasteiger partial charge in [-0.2, -0.15) is 0 Å². The van der Waals surface area contributed by atoms with Crippen LogP contribution in [0.5, 0.6) is 5.75 Å². The van der Waals surface area contributed by atoms with Gasteiger partial charge < -0.3 is 14.8 Å². The molecule has 0 unspecified atom stereocenters. The fourth-order valence-corrected chi connectivity index (χ4v) is 2.47. The second-order valence-electron chi connectivity index (χ2n) is 4.92. The van der Waals surface area contributed by atoms with E-state index in [1.807, 2.05) is 13.0 Å². The number of rotatable bonds is 5. The summed E-state index contributed by atoms with van der Waals surface area (Å²) < 4.78 is 10.1. The van der Waals surface area contributed by atoms with Crippen molar-refractivity contribution < 1.29 is 19.1 Å². The van der Waals surface area contributed by atoms with E-state index in [-0.39, 0.29) is 11.3 Å². The maximum atomic E-state index is 12.1. The minimum atomic E-state index is -0.657. The van der Waals surface area contributed by atoms with Gasteiger partial charge in [0, 0.05) is 0 Å². The van der Waals surface area contributed by atoms with Gasteiger partial charge >= 0.3 is 5.97 Å². The van der Waals surface area contributed by atoms with Gasteiger partial charge in [0.05, 0.1) is 22.8 Å². The number of hydrogen-bond acceptors (Lipinski definition) is 4. The molecule has 0 spiro atoms. The Labute approximate surface area is 149 Å². The fourth-order valence-electron chi connectivity index (χ4n) is 1.98. The van der Waals surface area contributed by atoms with Gasteiger partial charge in [-0.3, -0.25) is 4.79 Å². The molecule has 5 nitrogen and oxygen atoms in total. The first-order valence-corrected chi connectivity index (χ1v) is 7.73. The van der Waals surface area contributed by atoms with Gasteiger partial charge in [-0.25, -0.2) is 4.79 Å². The summed E-state index contributed by atoms with van der Waals surface area (Å²) in [6.45, 7) is 1.36. The van der Waals surface area contributed by atoms with Gasteiger partial charge in [0.1, 0.15) is 11.3 Å². The number of aryl methyl sites for hydroxylation is 1. The predicted octanol–water partition coefficient (Wildman–Crippen LogP) is 4.11. The van der Waals surface area contributed by atoms with Crippen LogP contribution in [0.3, 0.4) is 0 Å². The molecule has 126 valence electrons. The topological polar surface area (TPSA) is 64.6 Å². The minimum Gasteiger partial charge on any atom is -0.496 e. The molecule has 0 saturated heterocycles. The highest BCUT2D eigenvalue weighted by molar-refractivity contribution is 6.39. The maximum Gasteiger partial charge on any atom is 0.342 e. The van der Waals surface area contributed by atoms with Gasteiger partial charge in [-0.05, 0) is 31.2 Å². The highest BCUT2D eigenvalue weighted by atomic mass is 35.5. The molecule has 0 aliphatic carbocycles. The zero-order valence-electron chi connectivity index (χ0n) is 13.1. The molecule has 24 heavy (non-hydrogen) atoms. The number of methoxy groups -OCH3 is 1. The molecular weight excluding hydrogens is 353 g/mol. The largest absolute Gasteiger partial charge is 0.496 e. The van der Waals surface area contributed by atoms with Gasteiger partial charge in [-0.1, -0.05) is 40.9 Å². The molecule has 0 atom stereocenters. The Balaban J connectivity index is 2.02. The predicted molar refractivity (Wildman–Crippen MR) is 93.1 cm³/mol. The van der Waals surface area contributed by atoms with Crippen molar-refractivity contribution >= 4 is 40.8 Å². The van der Waals surface area contributed by atoms with Crippen molar-refractivity contribution in [3.8, 4) is 5.75 Å². The first-order valence-electron chi connectivity index (χ1n) is 6.98. The SMILES string of the molecule is COc1ccc(C)cc1C(=O)OCC(=O)Nc1c(Cl)cccc1Cl. The summed E-state index contributed by atoms with van der Waals surface area (Å²) in [5.74, 6) is -0.832. The average molecular weight is 368 g/mol. The number of amides is 1. The summed E-state index contributed by atoms with van der Waals surface area (Å²) in [6, 6.07) is 9.94. The van der Waals surface area contributed by atoms with Crippen molar-refractivity contribution in [3.63, 3.8) is 0 Å². The number of halogens is 2. The first kappa shape index (κ1) is 18.1. The second kappa shape index (κ2) is 8.04. The molecule has 0 bridgehead atoms. The van der Waals surface area contributed by atoms with Crippen molar-refractivity contribution in [2.24, 2.45) is 0 Å². The highest BCUT2D eigenvalue weighted by Crippen LogP contribution is 2.29. The molecule has 0 saturated carbocycles. The molecule has 1 N–H and O–H groups in total. The molecule has 0 fully saturated rings. The Morgan fingerprint density at radius 2 is 1.79 bits per heavy atom. The van der Waals surface area contributed by atoms with Crippen molar-refractivity contribution in [2.45, 2.75) is 6.92 Å². The third-order valence-corrected chi connectivity index (χ3v) is 3.77. The normalized spacial score (nSPS) is 10.2. The lowest BCUT2D eigenvalue weighted by Crippen LogP contribution is -2.21. The van der Waals surface area contributed by atoms with Gasteiger partial charge in [0.15, 0.2) is 6.61 Å². The van der Waals surface area contributed by atoms with Crippen LogP contribution in [0.25, 0.3) is 0 Å². The van der Waals surface area contributed by atoms with E-state index >= 15 is 0 Å². The van der Waals surface area contributed by atoms with Crippen LogP contribution in [0.1, 0.15) is 15.9 Å². The number of carbonyl (C=O) groups excluding carboxylic acids is 2. The zero-order chi connectivity index (χ0) is 17.7. The number of hydrogen-bond donors (Lipinski definition) is 1. The lowest BCUT2D eigenvalue weighted by Gasteiger charge is -2.11. The molecule has 2 aromatic rings. The second-order valence-corrected chi connectivity index (χ2v) is 5.74. The van der Waals surface area contributed by atoms with Crippen molar-refractivity contribution in [3.05, 3.63) is 57.6 Å². The number of anilines is 1. The van der Waals surface area contributed by atoms with Crippen LogP contribution in [0.4, 0.5) is 5.69 Å². The van der Waals surface area contributed by atoms with E-state index in [9.17, 15) is 9.59 Å². The van der Waals surface area contributed by atoms with Crippen LogP contribution in [0, 0.1) is 6.92 Å². The highest BCUT2D eigenvalue weighted by Gasteiger charge is 2.16. The van der Waals surface area contributed by atoms with E-state index in [0.717, 1.165) is 5.56 Å². The summed E-state index contributed by atoms with van der Waals surface area (Å²) in [4.78, 5) is 24.1. The molecule has 2 rings (SSSR count). The molecule has 7 heteroatoms. The number of nitrogens with one attached hydrogen (secondary N) is 1. The quantitative estimate of drug-likeness (QED) is 0.807. The molecule has 0 aromatic heterocycles. The summed E-state index contributed by atoms with van der Waals surface area (Å²) in [6.07, 6.45) is 0. The number of benzene rings is 2. The molecule has 0 aliphatic heterocycles. The lowest BCUT2D eigenvalue weighted by atomic mass is 10.1. The van der Waals surface area contributed by atoms with Crippen LogP contribution in [0.15, 0.2) is 36.4 Å². The lowest BCUT2D eigenvalue weighted by molar-refractivity contribution is -0.119.